The Labute approximate surface area is 121 Å². The lowest BCUT2D eigenvalue weighted by atomic mass is 9.98. The van der Waals surface area contributed by atoms with Gasteiger partial charge in [0.2, 0.25) is 10.0 Å². The summed E-state index contributed by atoms with van der Waals surface area (Å²) in [6, 6.07) is 9.53. The molecule has 108 valence electrons. The summed E-state index contributed by atoms with van der Waals surface area (Å²) >= 11 is 5.55. The van der Waals surface area contributed by atoms with E-state index in [4.69, 9.17) is 11.6 Å². The van der Waals surface area contributed by atoms with Gasteiger partial charge in [0, 0.05) is 11.9 Å². The van der Waals surface area contributed by atoms with Crippen LogP contribution >= 0.6 is 11.6 Å². The number of rotatable bonds is 8. The molecular formula is C14H22ClNO2S. The van der Waals surface area contributed by atoms with Crippen LogP contribution in [0.3, 0.4) is 0 Å². The molecule has 1 rings (SSSR count). The Kier molecular flexibility index (Phi) is 6.83. The van der Waals surface area contributed by atoms with Gasteiger partial charge in [0.25, 0.3) is 0 Å². The average Bonchev–Trinajstić information content (AvgIpc) is 2.36. The summed E-state index contributed by atoms with van der Waals surface area (Å²) in [5, 5.41) is 0. The van der Waals surface area contributed by atoms with Crippen LogP contribution in [-0.4, -0.2) is 20.1 Å². The fourth-order valence-electron chi connectivity index (χ4n) is 1.93. The van der Waals surface area contributed by atoms with Crippen LogP contribution in [-0.2, 0) is 10.0 Å². The zero-order valence-electron chi connectivity index (χ0n) is 11.5. The van der Waals surface area contributed by atoms with E-state index in [1.54, 1.807) is 0 Å². The molecular weight excluding hydrogens is 282 g/mol. The highest BCUT2D eigenvalue weighted by molar-refractivity contribution is 7.89. The number of halogens is 1. The molecule has 1 aromatic carbocycles. The molecule has 1 atom stereocenters. The van der Waals surface area contributed by atoms with Gasteiger partial charge in [0.1, 0.15) is 0 Å². The summed E-state index contributed by atoms with van der Waals surface area (Å²) in [6.07, 6.45) is 1.25. The molecule has 0 amide bonds. The molecule has 0 saturated carbocycles. The summed E-state index contributed by atoms with van der Waals surface area (Å²) in [5.74, 6) is 0.861. The third-order valence-electron chi connectivity index (χ3n) is 2.78. The normalized spacial score (nSPS) is 13.7. The van der Waals surface area contributed by atoms with Crippen LogP contribution in [0.15, 0.2) is 30.3 Å². The molecule has 0 radical (unpaired) electrons. The molecule has 0 fully saturated rings. The second-order valence-corrected chi connectivity index (χ2v) is 7.32. The van der Waals surface area contributed by atoms with E-state index in [1.807, 2.05) is 30.3 Å². The van der Waals surface area contributed by atoms with Crippen molar-refractivity contribution in [3.63, 3.8) is 0 Å². The fourth-order valence-corrected chi connectivity index (χ4v) is 3.53. The molecule has 0 aliphatic heterocycles. The van der Waals surface area contributed by atoms with Gasteiger partial charge in [-0.25, -0.2) is 13.1 Å². The Morgan fingerprint density at radius 3 is 2.37 bits per heavy atom. The maximum atomic E-state index is 12.0. The van der Waals surface area contributed by atoms with Crippen LogP contribution in [0.2, 0.25) is 0 Å². The zero-order chi connectivity index (χ0) is 14.3. The number of hydrogen-bond donors (Lipinski definition) is 1. The zero-order valence-corrected chi connectivity index (χ0v) is 13.0. The minimum atomic E-state index is -3.27. The van der Waals surface area contributed by atoms with E-state index < -0.39 is 10.0 Å². The molecule has 0 saturated heterocycles. The SMILES string of the molecule is CC(C)CC(NS(=O)(=O)CCCCl)c1ccccc1. The summed E-state index contributed by atoms with van der Waals surface area (Å²) in [5.41, 5.74) is 1.01. The van der Waals surface area contributed by atoms with Crippen molar-refractivity contribution in [1.82, 2.24) is 4.72 Å². The van der Waals surface area contributed by atoms with E-state index in [9.17, 15) is 8.42 Å². The molecule has 1 aromatic rings. The molecule has 0 aromatic heterocycles. The number of hydrogen-bond acceptors (Lipinski definition) is 2. The second kappa shape index (κ2) is 7.88. The van der Waals surface area contributed by atoms with Crippen molar-refractivity contribution in [2.24, 2.45) is 5.92 Å². The van der Waals surface area contributed by atoms with Gasteiger partial charge in [0.15, 0.2) is 0 Å². The minimum Gasteiger partial charge on any atom is -0.212 e. The average molecular weight is 304 g/mol. The monoisotopic (exact) mass is 303 g/mol. The van der Waals surface area contributed by atoms with Crippen molar-refractivity contribution < 1.29 is 8.42 Å². The lowest BCUT2D eigenvalue weighted by Gasteiger charge is -2.21. The van der Waals surface area contributed by atoms with Crippen molar-refractivity contribution in [2.45, 2.75) is 32.7 Å². The van der Waals surface area contributed by atoms with Crippen molar-refractivity contribution in [3.05, 3.63) is 35.9 Å². The molecule has 1 N–H and O–H groups in total. The van der Waals surface area contributed by atoms with E-state index in [2.05, 4.69) is 18.6 Å². The van der Waals surface area contributed by atoms with Crippen molar-refractivity contribution in [2.75, 3.05) is 11.6 Å². The summed E-state index contributed by atoms with van der Waals surface area (Å²) in [7, 11) is -3.27. The molecule has 1 unspecified atom stereocenters. The highest BCUT2D eigenvalue weighted by atomic mass is 35.5. The minimum absolute atomic E-state index is 0.0813. The van der Waals surface area contributed by atoms with Crippen LogP contribution in [0.1, 0.15) is 38.3 Å². The van der Waals surface area contributed by atoms with Crippen LogP contribution in [0, 0.1) is 5.92 Å². The standard InChI is InChI=1S/C14H22ClNO2S/c1-12(2)11-14(13-7-4-3-5-8-13)16-19(17,18)10-6-9-15/h3-5,7-8,12,14,16H,6,9-11H2,1-2H3. The van der Waals surface area contributed by atoms with Gasteiger partial charge >= 0.3 is 0 Å². The molecule has 0 spiro atoms. The van der Waals surface area contributed by atoms with Gasteiger partial charge in [-0.3, -0.25) is 0 Å². The van der Waals surface area contributed by atoms with Gasteiger partial charge in [0.05, 0.1) is 5.75 Å². The van der Waals surface area contributed by atoms with Crippen molar-refractivity contribution in [3.8, 4) is 0 Å². The Morgan fingerprint density at radius 2 is 1.84 bits per heavy atom. The lowest BCUT2D eigenvalue weighted by molar-refractivity contribution is 0.472. The maximum absolute atomic E-state index is 12.0. The lowest BCUT2D eigenvalue weighted by Crippen LogP contribution is -2.31. The van der Waals surface area contributed by atoms with Crippen molar-refractivity contribution in [1.29, 1.82) is 0 Å². The third kappa shape index (κ3) is 6.41. The second-order valence-electron chi connectivity index (χ2n) is 5.07. The topological polar surface area (TPSA) is 46.2 Å². The number of benzene rings is 1. The smallest absolute Gasteiger partial charge is 0.212 e. The number of nitrogens with one attached hydrogen (secondary N) is 1. The van der Waals surface area contributed by atoms with E-state index in [0.29, 0.717) is 18.2 Å². The largest absolute Gasteiger partial charge is 0.212 e. The number of sulfonamides is 1. The Hall–Kier alpha value is -0.580. The molecule has 0 heterocycles. The van der Waals surface area contributed by atoms with Gasteiger partial charge in [-0.05, 0) is 24.3 Å². The molecule has 0 aliphatic carbocycles. The highest BCUT2D eigenvalue weighted by Crippen LogP contribution is 2.22. The Morgan fingerprint density at radius 1 is 1.21 bits per heavy atom. The van der Waals surface area contributed by atoms with E-state index in [0.717, 1.165) is 12.0 Å². The molecule has 0 bridgehead atoms. The number of alkyl halides is 1. The van der Waals surface area contributed by atoms with E-state index in [-0.39, 0.29) is 11.8 Å². The summed E-state index contributed by atoms with van der Waals surface area (Å²) < 4.78 is 26.8. The summed E-state index contributed by atoms with van der Waals surface area (Å²) in [4.78, 5) is 0. The van der Waals surface area contributed by atoms with Crippen LogP contribution in [0.5, 0.6) is 0 Å². The molecule has 5 heteroatoms. The third-order valence-corrected chi connectivity index (χ3v) is 4.51. The molecule has 0 aliphatic rings. The predicted octanol–water partition coefficient (Wildman–Crippen LogP) is 3.32. The Balaban J connectivity index is 2.81. The van der Waals surface area contributed by atoms with Gasteiger partial charge in [-0.1, -0.05) is 44.2 Å². The van der Waals surface area contributed by atoms with Gasteiger partial charge in [-0.2, -0.15) is 0 Å². The van der Waals surface area contributed by atoms with Crippen LogP contribution in [0.25, 0.3) is 0 Å². The van der Waals surface area contributed by atoms with Crippen LogP contribution in [0.4, 0.5) is 0 Å². The molecule has 19 heavy (non-hydrogen) atoms. The quantitative estimate of drug-likeness (QED) is 0.749. The van der Waals surface area contributed by atoms with Crippen molar-refractivity contribution >= 4 is 21.6 Å². The summed E-state index contributed by atoms with van der Waals surface area (Å²) in [6.45, 7) is 4.17. The fraction of sp³-hybridized carbons (Fsp3) is 0.571. The molecule has 3 nitrogen and oxygen atoms in total. The first-order valence-corrected chi connectivity index (χ1v) is 8.74. The van der Waals surface area contributed by atoms with Gasteiger partial charge in [-0.15, -0.1) is 11.6 Å². The maximum Gasteiger partial charge on any atom is 0.212 e. The van der Waals surface area contributed by atoms with E-state index in [1.165, 1.54) is 0 Å². The van der Waals surface area contributed by atoms with E-state index >= 15 is 0 Å². The van der Waals surface area contributed by atoms with Gasteiger partial charge < -0.3 is 0 Å². The predicted molar refractivity (Wildman–Crippen MR) is 80.9 cm³/mol. The Bertz CT molecular complexity index is 460. The highest BCUT2D eigenvalue weighted by Gasteiger charge is 2.19. The van der Waals surface area contributed by atoms with Crippen LogP contribution < -0.4 is 4.72 Å². The first kappa shape index (κ1) is 16.5. The first-order valence-electron chi connectivity index (χ1n) is 6.55. The first-order chi connectivity index (χ1) is 8.94.